The third-order valence-electron chi connectivity index (χ3n) is 4.04. The van der Waals surface area contributed by atoms with E-state index in [1.54, 1.807) is 12.3 Å². The lowest BCUT2D eigenvalue weighted by atomic mass is 9.86. The molecule has 0 bridgehead atoms. The first-order valence-corrected chi connectivity index (χ1v) is 8.62. The monoisotopic (exact) mass is 345 g/mol. The number of hydrogen-bond acceptors (Lipinski definition) is 3. The third kappa shape index (κ3) is 4.28. The van der Waals surface area contributed by atoms with E-state index in [1.165, 1.54) is 0 Å². The summed E-state index contributed by atoms with van der Waals surface area (Å²) in [7, 11) is 0. The highest BCUT2D eigenvalue weighted by Gasteiger charge is 2.19. The molecule has 0 fully saturated rings. The Morgan fingerprint density at radius 3 is 2.19 bits per heavy atom. The van der Waals surface area contributed by atoms with Crippen LogP contribution in [0.4, 0.5) is 17.1 Å². The first-order chi connectivity index (χ1) is 12.4. The molecule has 0 aliphatic rings. The van der Waals surface area contributed by atoms with Crippen LogP contribution in [0.25, 0.3) is 0 Å². The van der Waals surface area contributed by atoms with Gasteiger partial charge in [-0.2, -0.15) is 0 Å². The number of carbonyl (C=O) groups excluding carboxylic acids is 1. The number of aromatic nitrogens is 1. The minimum absolute atomic E-state index is 0.0548. The van der Waals surface area contributed by atoms with Crippen LogP contribution in [0.1, 0.15) is 36.8 Å². The van der Waals surface area contributed by atoms with Crippen molar-refractivity contribution in [3.8, 4) is 0 Å². The van der Waals surface area contributed by atoms with Gasteiger partial charge in [0, 0.05) is 11.4 Å². The Balaban J connectivity index is 1.73. The molecule has 4 nitrogen and oxygen atoms in total. The van der Waals surface area contributed by atoms with Crippen molar-refractivity contribution >= 4 is 23.0 Å². The van der Waals surface area contributed by atoms with E-state index in [2.05, 4.69) is 36.4 Å². The number of rotatable bonds is 4. The molecule has 2 aromatic carbocycles. The summed E-state index contributed by atoms with van der Waals surface area (Å²) in [6, 6.07) is 21.3. The lowest BCUT2D eigenvalue weighted by Crippen LogP contribution is -2.19. The zero-order valence-corrected chi connectivity index (χ0v) is 15.3. The summed E-state index contributed by atoms with van der Waals surface area (Å²) in [5, 5.41) is 6.24. The Morgan fingerprint density at radius 2 is 1.54 bits per heavy atom. The van der Waals surface area contributed by atoms with Crippen molar-refractivity contribution in [3.63, 3.8) is 0 Å². The average Bonchev–Trinajstić information content (AvgIpc) is 2.63. The Hall–Kier alpha value is -3.14. The number of para-hydroxylation sites is 2. The molecule has 0 saturated heterocycles. The number of nitrogens with zero attached hydrogens (tertiary/aromatic N) is 1. The van der Waals surface area contributed by atoms with E-state index in [4.69, 9.17) is 0 Å². The standard InChI is InChI=1S/C22H23N3O/c1-22(2,3)18-11-7-8-12-19(18)25-21(26)20-14-13-17(15-23-20)24-16-9-5-4-6-10-16/h4-15,24H,1-3H3,(H,25,26). The van der Waals surface area contributed by atoms with Crippen LogP contribution in [-0.4, -0.2) is 10.9 Å². The average molecular weight is 345 g/mol. The van der Waals surface area contributed by atoms with E-state index in [-0.39, 0.29) is 11.3 Å². The first-order valence-electron chi connectivity index (χ1n) is 8.62. The molecule has 0 saturated carbocycles. The maximum atomic E-state index is 12.6. The van der Waals surface area contributed by atoms with E-state index in [0.717, 1.165) is 22.6 Å². The highest BCUT2D eigenvalue weighted by molar-refractivity contribution is 6.03. The van der Waals surface area contributed by atoms with Crippen molar-refractivity contribution in [2.24, 2.45) is 0 Å². The van der Waals surface area contributed by atoms with E-state index in [1.807, 2.05) is 60.7 Å². The van der Waals surface area contributed by atoms with Crippen LogP contribution in [0.3, 0.4) is 0 Å². The smallest absolute Gasteiger partial charge is 0.274 e. The van der Waals surface area contributed by atoms with Crippen molar-refractivity contribution in [1.29, 1.82) is 0 Å². The van der Waals surface area contributed by atoms with E-state index in [9.17, 15) is 4.79 Å². The Morgan fingerprint density at radius 1 is 0.846 bits per heavy atom. The highest BCUT2D eigenvalue weighted by atomic mass is 16.1. The second-order valence-electron chi connectivity index (χ2n) is 7.17. The topological polar surface area (TPSA) is 54.0 Å². The van der Waals surface area contributed by atoms with Crippen molar-refractivity contribution in [1.82, 2.24) is 4.98 Å². The van der Waals surface area contributed by atoms with Crippen LogP contribution in [-0.2, 0) is 5.41 Å². The van der Waals surface area contributed by atoms with Crippen LogP contribution in [0.5, 0.6) is 0 Å². The van der Waals surface area contributed by atoms with Gasteiger partial charge in [-0.1, -0.05) is 57.2 Å². The van der Waals surface area contributed by atoms with Gasteiger partial charge in [-0.05, 0) is 41.3 Å². The molecule has 0 spiro atoms. The van der Waals surface area contributed by atoms with Crippen LogP contribution in [0.15, 0.2) is 72.9 Å². The fraction of sp³-hybridized carbons (Fsp3) is 0.182. The molecule has 3 rings (SSSR count). The van der Waals surface area contributed by atoms with Gasteiger partial charge in [-0.25, -0.2) is 4.98 Å². The summed E-state index contributed by atoms with van der Waals surface area (Å²) in [5.74, 6) is -0.215. The van der Waals surface area contributed by atoms with Gasteiger partial charge in [-0.3, -0.25) is 4.79 Å². The largest absolute Gasteiger partial charge is 0.354 e. The van der Waals surface area contributed by atoms with E-state index < -0.39 is 0 Å². The van der Waals surface area contributed by atoms with Gasteiger partial charge in [0.1, 0.15) is 5.69 Å². The zero-order valence-electron chi connectivity index (χ0n) is 15.3. The number of hydrogen-bond donors (Lipinski definition) is 2. The van der Waals surface area contributed by atoms with Crippen LogP contribution in [0, 0.1) is 0 Å². The molecule has 132 valence electrons. The molecule has 0 aliphatic heterocycles. The van der Waals surface area contributed by atoms with Gasteiger partial charge in [-0.15, -0.1) is 0 Å². The summed E-state index contributed by atoms with van der Waals surface area (Å²) < 4.78 is 0. The molecule has 0 unspecified atom stereocenters. The highest BCUT2D eigenvalue weighted by Crippen LogP contribution is 2.29. The third-order valence-corrected chi connectivity index (χ3v) is 4.04. The summed E-state index contributed by atoms with van der Waals surface area (Å²) in [6.07, 6.45) is 1.66. The van der Waals surface area contributed by atoms with Crippen molar-refractivity contribution < 1.29 is 4.79 Å². The molecule has 2 N–H and O–H groups in total. The molecule has 1 amide bonds. The fourth-order valence-electron chi connectivity index (χ4n) is 2.72. The van der Waals surface area contributed by atoms with Gasteiger partial charge in [0.15, 0.2) is 0 Å². The van der Waals surface area contributed by atoms with Gasteiger partial charge in [0.25, 0.3) is 5.91 Å². The number of anilines is 3. The molecular weight excluding hydrogens is 322 g/mol. The fourth-order valence-corrected chi connectivity index (χ4v) is 2.72. The molecule has 1 aromatic heterocycles. The number of amides is 1. The summed E-state index contributed by atoms with van der Waals surface area (Å²) in [6.45, 7) is 6.38. The lowest BCUT2D eigenvalue weighted by Gasteiger charge is -2.22. The normalized spacial score (nSPS) is 11.0. The SMILES string of the molecule is CC(C)(C)c1ccccc1NC(=O)c1ccc(Nc2ccccc2)cn1. The van der Waals surface area contributed by atoms with Crippen LogP contribution >= 0.6 is 0 Å². The quantitative estimate of drug-likeness (QED) is 0.668. The summed E-state index contributed by atoms with van der Waals surface area (Å²) in [4.78, 5) is 16.9. The molecule has 3 aromatic rings. The minimum Gasteiger partial charge on any atom is -0.354 e. The predicted octanol–water partition coefficient (Wildman–Crippen LogP) is 5.38. The molecular formula is C22H23N3O. The molecule has 0 atom stereocenters. The molecule has 26 heavy (non-hydrogen) atoms. The second-order valence-corrected chi connectivity index (χ2v) is 7.17. The Kier molecular flexibility index (Phi) is 5.03. The van der Waals surface area contributed by atoms with Crippen molar-refractivity contribution in [2.75, 3.05) is 10.6 Å². The Bertz CT molecular complexity index is 881. The maximum absolute atomic E-state index is 12.6. The zero-order chi connectivity index (χ0) is 18.6. The summed E-state index contributed by atoms with van der Waals surface area (Å²) in [5.41, 5.74) is 4.05. The maximum Gasteiger partial charge on any atom is 0.274 e. The predicted molar refractivity (Wildman–Crippen MR) is 107 cm³/mol. The number of nitrogens with one attached hydrogen (secondary N) is 2. The molecule has 0 radical (unpaired) electrons. The molecule has 1 heterocycles. The van der Waals surface area contributed by atoms with E-state index >= 15 is 0 Å². The Labute approximate surface area is 154 Å². The minimum atomic E-state index is -0.215. The first kappa shape index (κ1) is 17.7. The number of pyridine rings is 1. The van der Waals surface area contributed by atoms with Gasteiger partial charge in [0.2, 0.25) is 0 Å². The molecule has 0 aliphatic carbocycles. The second kappa shape index (κ2) is 7.40. The molecule has 4 heteroatoms. The van der Waals surface area contributed by atoms with Gasteiger partial charge >= 0.3 is 0 Å². The lowest BCUT2D eigenvalue weighted by molar-refractivity contribution is 0.102. The van der Waals surface area contributed by atoms with Crippen LogP contribution in [0.2, 0.25) is 0 Å². The van der Waals surface area contributed by atoms with Crippen molar-refractivity contribution in [2.45, 2.75) is 26.2 Å². The van der Waals surface area contributed by atoms with Crippen molar-refractivity contribution in [3.05, 3.63) is 84.2 Å². The van der Waals surface area contributed by atoms with Gasteiger partial charge < -0.3 is 10.6 Å². The van der Waals surface area contributed by atoms with Gasteiger partial charge in [0.05, 0.1) is 11.9 Å². The number of carbonyl (C=O) groups is 1. The number of benzene rings is 2. The summed E-state index contributed by atoms with van der Waals surface area (Å²) >= 11 is 0. The van der Waals surface area contributed by atoms with Crippen LogP contribution < -0.4 is 10.6 Å². The van der Waals surface area contributed by atoms with E-state index in [0.29, 0.717) is 5.69 Å².